The van der Waals surface area contributed by atoms with Crippen LogP contribution in [-0.4, -0.2) is 58.6 Å². The Kier molecular flexibility index (Phi) is 6.22. The Hall–Kier alpha value is -2.29. The van der Waals surface area contributed by atoms with Crippen LogP contribution in [0.1, 0.15) is 22.7 Å². The Bertz CT molecular complexity index is 971. The van der Waals surface area contributed by atoms with E-state index >= 15 is 0 Å². The molecule has 1 fully saturated rings. The zero-order valence-corrected chi connectivity index (χ0v) is 17.3. The smallest absolute Gasteiger partial charge is 0.255 e. The summed E-state index contributed by atoms with van der Waals surface area (Å²) >= 11 is 7.60. The fourth-order valence-electron chi connectivity index (χ4n) is 3.32. The fraction of sp³-hybridized carbons (Fsp3) is 0.350. The van der Waals surface area contributed by atoms with Crippen molar-refractivity contribution in [2.45, 2.75) is 12.8 Å². The lowest BCUT2D eigenvalue weighted by atomic mass is 10.1. The number of halogens is 2. The van der Waals surface area contributed by atoms with Gasteiger partial charge in [0, 0.05) is 32.6 Å². The molecule has 1 aromatic carbocycles. The third-order valence-corrected chi connectivity index (χ3v) is 6.07. The molecule has 9 heteroatoms. The molecule has 0 unspecified atom stereocenters. The van der Waals surface area contributed by atoms with Gasteiger partial charge < -0.3 is 9.42 Å². The standard InChI is InChI=1S/C20H20ClFN4O2S/c21-16-13-14(22)5-6-15(16)20(27)26-10-8-25(9-11-26)7-1-4-18-23-19(24-28-18)17-3-2-12-29-17/h2-3,5-6,12-13H,1,4,7-11H2. The molecule has 0 spiro atoms. The van der Waals surface area contributed by atoms with Gasteiger partial charge in [0.15, 0.2) is 0 Å². The summed E-state index contributed by atoms with van der Waals surface area (Å²) in [5, 5.41) is 6.16. The van der Waals surface area contributed by atoms with E-state index < -0.39 is 5.82 Å². The summed E-state index contributed by atoms with van der Waals surface area (Å²) in [6, 6.07) is 7.81. The van der Waals surface area contributed by atoms with Gasteiger partial charge in [-0.1, -0.05) is 22.8 Å². The zero-order chi connectivity index (χ0) is 20.2. The van der Waals surface area contributed by atoms with Crippen molar-refractivity contribution >= 4 is 28.8 Å². The maximum atomic E-state index is 13.2. The summed E-state index contributed by atoms with van der Waals surface area (Å²) < 4.78 is 18.5. The first kappa shape index (κ1) is 20.0. The highest BCUT2D eigenvalue weighted by atomic mass is 35.5. The van der Waals surface area contributed by atoms with Crippen molar-refractivity contribution < 1.29 is 13.7 Å². The minimum atomic E-state index is -0.444. The molecular formula is C20H20ClFN4O2S. The lowest BCUT2D eigenvalue weighted by Crippen LogP contribution is -2.48. The van der Waals surface area contributed by atoms with E-state index in [0.29, 0.717) is 30.4 Å². The molecule has 0 bridgehead atoms. The molecule has 3 heterocycles. The van der Waals surface area contributed by atoms with Crippen LogP contribution in [0.15, 0.2) is 40.2 Å². The van der Waals surface area contributed by atoms with E-state index in [4.69, 9.17) is 16.1 Å². The highest BCUT2D eigenvalue weighted by Crippen LogP contribution is 2.22. The second kappa shape index (κ2) is 9.02. The lowest BCUT2D eigenvalue weighted by molar-refractivity contribution is 0.0635. The number of amides is 1. The minimum absolute atomic E-state index is 0.151. The van der Waals surface area contributed by atoms with E-state index in [1.54, 1.807) is 16.2 Å². The van der Waals surface area contributed by atoms with Crippen molar-refractivity contribution in [3.05, 3.63) is 58.0 Å². The number of nitrogens with zero attached hydrogens (tertiary/aromatic N) is 4. The zero-order valence-electron chi connectivity index (χ0n) is 15.7. The SMILES string of the molecule is O=C(c1ccc(F)cc1Cl)N1CCN(CCCc2nc(-c3cccs3)no2)CC1. The number of piperazine rings is 1. The van der Waals surface area contributed by atoms with Crippen molar-refractivity contribution in [2.24, 2.45) is 0 Å². The number of benzene rings is 1. The lowest BCUT2D eigenvalue weighted by Gasteiger charge is -2.34. The number of hydrogen-bond donors (Lipinski definition) is 0. The number of carbonyl (C=O) groups is 1. The van der Waals surface area contributed by atoms with Crippen LogP contribution in [0, 0.1) is 5.82 Å². The summed E-state index contributed by atoms with van der Waals surface area (Å²) in [5.74, 6) is 0.691. The monoisotopic (exact) mass is 434 g/mol. The van der Waals surface area contributed by atoms with Gasteiger partial charge in [-0.25, -0.2) is 4.39 Å². The van der Waals surface area contributed by atoms with E-state index in [9.17, 15) is 9.18 Å². The molecule has 0 saturated carbocycles. The molecule has 152 valence electrons. The van der Waals surface area contributed by atoms with Gasteiger partial charge in [0.25, 0.3) is 5.91 Å². The third kappa shape index (κ3) is 4.83. The van der Waals surface area contributed by atoms with Gasteiger partial charge in [-0.05, 0) is 42.6 Å². The summed E-state index contributed by atoms with van der Waals surface area (Å²) in [6.45, 7) is 3.71. The Morgan fingerprint density at radius 1 is 1.24 bits per heavy atom. The van der Waals surface area contributed by atoms with Gasteiger partial charge in [-0.2, -0.15) is 4.98 Å². The van der Waals surface area contributed by atoms with E-state index in [1.807, 2.05) is 17.5 Å². The molecule has 1 aliphatic heterocycles. The molecule has 0 radical (unpaired) electrons. The number of carbonyl (C=O) groups excluding carboxylic acids is 1. The van der Waals surface area contributed by atoms with Crippen LogP contribution in [0.4, 0.5) is 4.39 Å². The Labute approximate surface area is 176 Å². The topological polar surface area (TPSA) is 62.5 Å². The molecular weight excluding hydrogens is 415 g/mol. The predicted octanol–water partition coefficient (Wildman–Crippen LogP) is 3.98. The average Bonchev–Trinajstić information content (AvgIpc) is 3.40. The summed E-state index contributed by atoms with van der Waals surface area (Å²) in [4.78, 5) is 22.1. The predicted molar refractivity (Wildman–Crippen MR) is 110 cm³/mol. The van der Waals surface area contributed by atoms with Crippen LogP contribution in [0.25, 0.3) is 10.7 Å². The molecule has 0 atom stereocenters. The van der Waals surface area contributed by atoms with Gasteiger partial charge >= 0.3 is 0 Å². The highest BCUT2D eigenvalue weighted by Gasteiger charge is 2.23. The van der Waals surface area contributed by atoms with Crippen LogP contribution >= 0.6 is 22.9 Å². The third-order valence-electron chi connectivity index (χ3n) is 4.90. The molecule has 3 aromatic rings. The van der Waals surface area contributed by atoms with Crippen molar-refractivity contribution in [1.82, 2.24) is 19.9 Å². The molecule has 2 aromatic heterocycles. The summed E-state index contributed by atoms with van der Waals surface area (Å²) in [7, 11) is 0. The van der Waals surface area contributed by atoms with Crippen LogP contribution in [0.3, 0.4) is 0 Å². The molecule has 1 saturated heterocycles. The molecule has 0 aliphatic carbocycles. The van der Waals surface area contributed by atoms with Crippen molar-refractivity contribution in [3.8, 4) is 10.7 Å². The number of aromatic nitrogens is 2. The van der Waals surface area contributed by atoms with E-state index in [-0.39, 0.29) is 10.9 Å². The minimum Gasteiger partial charge on any atom is -0.339 e. The molecule has 1 aliphatic rings. The summed E-state index contributed by atoms with van der Waals surface area (Å²) in [5.41, 5.74) is 0.347. The highest BCUT2D eigenvalue weighted by molar-refractivity contribution is 7.13. The van der Waals surface area contributed by atoms with Crippen molar-refractivity contribution in [2.75, 3.05) is 32.7 Å². The largest absolute Gasteiger partial charge is 0.339 e. The second-order valence-corrected chi connectivity index (χ2v) is 8.21. The second-order valence-electron chi connectivity index (χ2n) is 6.85. The van der Waals surface area contributed by atoms with E-state index in [2.05, 4.69) is 15.0 Å². The summed E-state index contributed by atoms with van der Waals surface area (Å²) in [6.07, 6.45) is 1.63. The number of thiophene rings is 1. The van der Waals surface area contributed by atoms with Crippen LogP contribution in [-0.2, 0) is 6.42 Å². The van der Waals surface area contributed by atoms with Gasteiger partial charge in [0.05, 0.1) is 15.5 Å². The van der Waals surface area contributed by atoms with Crippen molar-refractivity contribution in [3.63, 3.8) is 0 Å². The van der Waals surface area contributed by atoms with Gasteiger partial charge in [0.2, 0.25) is 11.7 Å². The number of hydrogen-bond acceptors (Lipinski definition) is 6. The van der Waals surface area contributed by atoms with Crippen molar-refractivity contribution in [1.29, 1.82) is 0 Å². The van der Waals surface area contributed by atoms with E-state index in [0.717, 1.165) is 37.4 Å². The number of rotatable bonds is 6. The van der Waals surface area contributed by atoms with Crippen LogP contribution in [0.2, 0.25) is 5.02 Å². The first-order valence-electron chi connectivity index (χ1n) is 9.43. The first-order chi connectivity index (χ1) is 14.1. The number of aryl methyl sites for hydroxylation is 1. The molecule has 4 rings (SSSR count). The molecule has 1 amide bonds. The fourth-order valence-corrected chi connectivity index (χ4v) is 4.22. The average molecular weight is 435 g/mol. The van der Waals surface area contributed by atoms with Crippen LogP contribution in [0.5, 0.6) is 0 Å². The Morgan fingerprint density at radius 2 is 2.07 bits per heavy atom. The van der Waals surface area contributed by atoms with Gasteiger partial charge in [-0.3, -0.25) is 9.69 Å². The normalized spacial score (nSPS) is 15.0. The Morgan fingerprint density at radius 3 is 2.79 bits per heavy atom. The van der Waals surface area contributed by atoms with Crippen LogP contribution < -0.4 is 0 Å². The van der Waals surface area contributed by atoms with Gasteiger partial charge in [-0.15, -0.1) is 11.3 Å². The maximum Gasteiger partial charge on any atom is 0.255 e. The first-order valence-corrected chi connectivity index (χ1v) is 10.7. The van der Waals surface area contributed by atoms with E-state index in [1.165, 1.54) is 18.2 Å². The molecule has 29 heavy (non-hydrogen) atoms. The maximum absolute atomic E-state index is 13.2. The molecule has 0 N–H and O–H groups in total. The molecule has 6 nitrogen and oxygen atoms in total. The Balaban J connectivity index is 1.22. The van der Waals surface area contributed by atoms with Gasteiger partial charge in [0.1, 0.15) is 5.82 Å². The quantitative estimate of drug-likeness (QED) is 0.587.